The van der Waals surface area contributed by atoms with Crippen molar-refractivity contribution in [3.63, 3.8) is 0 Å². The van der Waals surface area contributed by atoms with Gasteiger partial charge in [0.1, 0.15) is 0 Å². The van der Waals surface area contributed by atoms with Crippen molar-refractivity contribution < 1.29 is 9.47 Å². The van der Waals surface area contributed by atoms with Crippen molar-refractivity contribution in [3.05, 3.63) is 35.9 Å². The van der Waals surface area contributed by atoms with Gasteiger partial charge in [-0.15, -0.1) is 0 Å². The highest BCUT2D eigenvalue weighted by Crippen LogP contribution is 2.24. The Labute approximate surface area is 188 Å². The molecule has 2 atom stereocenters. The summed E-state index contributed by atoms with van der Waals surface area (Å²) in [4.78, 5) is 9.40. The fraction of sp³-hybridized carbons (Fsp3) is 0.708. The third-order valence-electron chi connectivity index (χ3n) is 6.15. The van der Waals surface area contributed by atoms with Crippen LogP contribution < -0.4 is 10.6 Å². The molecular formula is C24H41N5O2. The van der Waals surface area contributed by atoms with Crippen LogP contribution in [0.1, 0.15) is 30.9 Å². The molecule has 174 valence electrons. The lowest BCUT2D eigenvalue weighted by atomic mass is 10.0. The Morgan fingerprint density at radius 2 is 1.97 bits per heavy atom. The number of likely N-dealkylation sites (N-methyl/N-ethyl adjacent to an activating group) is 1. The van der Waals surface area contributed by atoms with Gasteiger partial charge in [0.2, 0.25) is 0 Å². The zero-order valence-electron chi connectivity index (χ0n) is 19.4. The van der Waals surface area contributed by atoms with E-state index < -0.39 is 0 Å². The van der Waals surface area contributed by atoms with E-state index in [0.29, 0.717) is 12.0 Å². The number of hydrogen-bond donors (Lipinski definition) is 2. The summed E-state index contributed by atoms with van der Waals surface area (Å²) in [6, 6.07) is 11.4. The van der Waals surface area contributed by atoms with E-state index in [-0.39, 0.29) is 0 Å². The molecule has 0 bridgehead atoms. The minimum atomic E-state index is 0.480. The molecule has 2 fully saturated rings. The van der Waals surface area contributed by atoms with Gasteiger partial charge in [-0.1, -0.05) is 30.3 Å². The maximum absolute atomic E-state index is 5.76. The fourth-order valence-electron chi connectivity index (χ4n) is 4.27. The van der Waals surface area contributed by atoms with Crippen LogP contribution >= 0.6 is 0 Å². The molecule has 1 aromatic carbocycles. The molecule has 3 rings (SSSR count). The molecule has 7 heteroatoms. The maximum Gasteiger partial charge on any atom is 0.190 e. The van der Waals surface area contributed by atoms with E-state index in [1.54, 1.807) is 0 Å². The molecular weight excluding hydrogens is 390 g/mol. The highest BCUT2D eigenvalue weighted by Gasteiger charge is 2.25. The summed E-state index contributed by atoms with van der Waals surface area (Å²) in [6.07, 6.45) is 3.21. The first-order valence-corrected chi connectivity index (χ1v) is 11.8. The zero-order chi connectivity index (χ0) is 21.7. The summed E-state index contributed by atoms with van der Waals surface area (Å²) in [7, 11) is 4.05. The monoisotopic (exact) mass is 431 g/mol. The molecule has 2 aliphatic rings. The standard InChI is InChI=1S/C24H41N5O2/c1-25-24(27-12-7-16-30-19-21-10-17-31-20-21)26-11-6-13-29-15-14-28(2)18-23(29)22-8-4-3-5-9-22/h3-5,8-9,21,23H,6-7,10-20H2,1-2H3,(H2,25,26,27). The molecule has 7 nitrogen and oxygen atoms in total. The normalized spacial score (nSPS) is 23.2. The number of nitrogens with zero attached hydrogens (tertiary/aromatic N) is 3. The van der Waals surface area contributed by atoms with E-state index in [9.17, 15) is 0 Å². The molecule has 1 aromatic rings. The summed E-state index contributed by atoms with van der Waals surface area (Å²) in [5.74, 6) is 1.46. The van der Waals surface area contributed by atoms with Gasteiger partial charge >= 0.3 is 0 Å². The van der Waals surface area contributed by atoms with Gasteiger partial charge in [0.05, 0.1) is 13.2 Å². The van der Waals surface area contributed by atoms with Crippen LogP contribution in [0, 0.1) is 5.92 Å². The lowest BCUT2D eigenvalue weighted by Gasteiger charge is -2.40. The Kier molecular flexibility index (Phi) is 10.6. The van der Waals surface area contributed by atoms with Crippen molar-refractivity contribution in [3.8, 4) is 0 Å². The van der Waals surface area contributed by atoms with Crippen molar-refractivity contribution >= 4 is 5.96 Å². The van der Waals surface area contributed by atoms with Gasteiger partial charge < -0.3 is 25.0 Å². The van der Waals surface area contributed by atoms with Crippen molar-refractivity contribution in [2.45, 2.75) is 25.3 Å². The smallest absolute Gasteiger partial charge is 0.190 e. The number of rotatable bonds is 11. The van der Waals surface area contributed by atoms with E-state index in [0.717, 1.165) is 90.9 Å². The number of ether oxygens (including phenoxy) is 2. The highest BCUT2D eigenvalue weighted by molar-refractivity contribution is 5.79. The summed E-state index contributed by atoms with van der Waals surface area (Å²) >= 11 is 0. The summed E-state index contributed by atoms with van der Waals surface area (Å²) in [6.45, 7) is 9.59. The van der Waals surface area contributed by atoms with Gasteiger partial charge in [-0.2, -0.15) is 0 Å². The largest absolute Gasteiger partial charge is 0.381 e. The van der Waals surface area contributed by atoms with E-state index in [2.05, 4.69) is 62.8 Å². The Hall–Kier alpha value is -1.67. The van der Waals surface area contributed by atoms with Crippen LogP contribution in [0.5, 0.6) is 0 Å². The predicted octanol–water partition coefficient (Wildman–Crippen LogP) is 1.97. The summed E-state index contributed by atoms with van der Waals surface area (Å²) in [5.41, 5.74) is 1.42. The number of guanidine groups is 1. The second kappa shape index (κ2) is 13.7. The number of benzene rings is 1. The van der Waals surface area contributed by atoms with E-state index >= 15 is 0 Å². The molecule has 0 aliphatic carbocycles. The molecule has 0 amide bonds. The molecule has 2 N–H and O–H groups in total. The van der Waals surface area contributed by atoms with Crippen LogP contribution in [0.3, 0.4) is 0 Å². The Morgan fingerprint density at radius 1 is 1.16 bits per heavy atom. The average molecular weight is 432 g/mol. The number of aliphatic imine (C=N–C) groups is 1. The third kappa shape index (κ3) is 8.41. The molecule has 2 aliphatic heterocycles. The predicted molar refractivity (Wildman–Crippen MR) is 127 cm³/mol. The lowest BCUT2D eigenvalue weighted by molar-refractivity contribution is 0.0886. The second-order valence-corrected chi connectivity index (χ2v) is 8.66. The minimum Gasteiger partial charge on any atom is -0.381 e. The van der Waals surface area contributed by atoms with Crippen LogP contribution in [0.25, 0.3) is 0 Å². The van der Waals surface area contributed by atoms with Gasteiger partial charge in [-0.3, -0.25) is 9.89 Å². The first-order valence-electron chi connectivity index (χ1n) is 11.8. The van der Waals surface area contributed by atoms with Gasteiger partial charge in [-0.25, -0.2) is 0 Å². The highest BCUT2D eigenvalue weighted by atomic mass is 16.5. The van der Waals surface area contributed by atoms with Crippen LogP contribution in [0.2, 0.25) is 0 Å². The zero-order valence-corrected chi connectivity index (χ0v) is 19.4. The average Bonchev–Trinajstić information content (AvgIpc) is 3.32. The molecule has 0 spiro atoms. The molecule has 0 aromatic heterocycles. The lowest BCUT2D eigenvalue weighted by Crippen LogP contribution is -2.47. The second-order valence-electron chi connectivity index (χ2n) is 8.66. The van der Waals surface area contributed by atoms with E-state index in [4.69, 9.17) is 9.47 Å². The van der Waals surface area contributed by atoms with E-state index in [1.807, 2.05) is 7.05 Å². The van der Waals surface area contributed by atoms with Crippen LogP contribution in [-0.4, -0.2) is 95.6 Å². The SMILES string of the molecule is CN=C(NCCCOCC1CCOC1)NCCCN1CCN(C)CC1c1ccccc1. The van der Waals surface area contributed by atoms with Crippen molar-refractivity contribution in [1.82, 2.24) is 20.4 Å². The summed E-state index contributed by atoms with van der Waals surface area (Å²) < 4.78 is 11.1. The molecule has 2 saturated heterocycles. The molecule has 0 saturated carbocycles. The van der Waals surface area contributed by atoms with Crippen molar-refractivity contribution in [1.29, 1.82) is 0 Å². The van der Waals surface area contributed by atoms with Gasteiger partial charge in [0, 0.05) is 71.5 Å². The first kappa shape index (κ1) is 24.0. The van der Waals surface area contributed by atoms with E-state index in [1.165, 1.54) is 5.56 Å². The maximum atomic E-state index is 5.76. The summed E-state index contributed by atoms with van der Waals surface area (Å²) in [5, 5.41) is 6.84. The third-order valence-corrected chi connectivity index (χ3v) is 6.15. The topological polar surface area (TPSA) is 61.4 Å². The van der Waals surface area contributed by atoms with Gasteiger partial charge in [-0.05, 0) is 31.9 Å². The van der Waals surface area contributed by atoms with Crippen molar-refractivity contribution in [2.75, 3.05) is 79.8 Å². The molecule has 2 heterocycles. The van der Waals surface area contributed by atoms with Crippen LogP contribution in [-0.2, 0) is 9.47 Å². The Bertz CT molecular complexity index is 636. The van der Waals surface area contributed by atoms with Crippen LogP contribution in [0.4, 0.5) is 0 Å². The quantitative estimate of drug-likeness (QED) is 0.317. The minimum absolute atomic E-state index is 0.480. The molecule has 31 heavy (non-hydrogen) atoms. The van der Waals surface area contributed by atoms with Crippen molar-refractivity contribution in [2.24, 2.45) is 10.9 Å². The number of hydrogen-bond acceptors (Lipinski definition) is 5. The van der Waals surface area contributed by atoms with Gasteiger partial charge in [0.25, 0.3) is 0 Å². The molecule has 2 unspecified atom stereocenters. The van der Waals surface area contributed by atoms with Crippen LogP contribution in [0.15, 0.2) is 35.3 Å². The Morgan fingerprint density at radius 3 is 2.71 bits per heavy atom. The fourth-order valence-corrected chi connectivity index (χ4v) is 4.27. The van der Waals surface area contributed by atoms with Gasteiger partial charge in [0.15, 0.2) is 5.96 Å². The Balaban J connectivity index is 1.28. The first-order chi connectivity index (χ1) is 15.3. The molecule has 0 radical (unpaired) electrons. The number of piperazine rings is 1. The number of nitrogens with one attached hydrogen (secondary N) is 2.